The van der Waals surface area contributed by atoms with Crippen molar-refractivity contribution in [3.63, 3.8) is 0 Å². The van der Waals surface area contributed by atoms with Crippen LogP contribution in [0.25, 0.3) is 0 Å². The van der Waals surface area contributed by atoms with Crippen LogP contribution in [0.5, 0.6) is 0 Å². The summed E-state index contributed by atoms with van der Waals surface area (Å²) in [6.07, 6.45) is 3.69. The van der Waals surface area contributed by atoms with E-state index in [9.17, 15) is 9.18 Å². The molecule has 132 valence electrons. The Labute approximate surface area is 146 Å². The van der Waals surface area contributed by atoms with Gasteiger partial charge in [-0.1, -0.05) is 0 Å². The molecular weight excluding hydrogens is 321 g/mol. The zero-order valence-electron chi connectivity index (χ0n) is 14.3. The van der Waals surface area contributed by atoms with Gasteiger partial charge in [-0.15, -0.1) is 0 Å². The molecule has 0 spiro atoms. The summed E-state index contributed by atoms with van der Waals surface area (Å²) in [5, 5.41) is 10.6. The van der Waals surface area contributed by atoms with Gasteiger partial charge in [-0.25, -0.2) is 4.39 Å². The molecular formula is C18H22FN5O. The lowest BCUT2D eigenvalue weighted by Gasteiger charge is -2.32. The lowest BCUT2D eigenvalue weighted by molar-refractivity contribution is 0.0688. The van der Waals surface area contributed by atoms with Crippen LogP contribution >= 0.6 is 0 Å². The van der Waals surface area contributed by atoms with Crippen LogP contribution in [0.15, 0.2) is 24.4 Å². The van der Waals surface area contributed by atoms with Gasteiger partial charge in [0.2, 0.25) is 0 Å². The molecule has 1 aromatic heterocycles. The zero-order chi connectivity index (χ0) is 17.4. The summed E-state index contributed by atoms with van der Waals surface area (Å²) in [5.74, 6) is -0.504. The Bertz CT molecular complexity index is 795. The first-order valence-electron chi connectivity index (χ1n) is 8.70. The molecule has 0 atom stereocenters. The molecule has 1 amide bonds. The molecule has 2 N–H and O–H groups in total. The number of hydrogen-bond donors (Lipinski definition) is 2. The molecule has 2 aliphatic heterocycles. The van der Waals surface area contributed by atoms with Crippen molar-refractivity contribution in [1.29, 1.82) is 0 Å². The number of nitrogens with zero attached hydrogens (tertiary/aromatic N) is 3. The molecule has 1 aromatic carbocycles. The van der Waals surface area contributed by atoms with Crippen molar-refractivity contribution < 1.29 is 9.18 Å². The standard InChI is InChI=1S/C18H22FN5O/c1-20-16-3-2-12(8-15(16)19)18(25)23-6-4-14(5-7-23)24-17-11-21-9-13(17)10-22-24/h2-3,8,10,14,20-21H,4-7,9,11H2,1H3. The lowest BCUT2D eigenvalue weighted by Crippen LogP contribution is -2.39. The van der Waals surface area contributed by atoms with E-state index in [0.717, 1.165) is 25.9 Å². The number of fused-ring (bicyclic) bond motifs is 1. The van der Waals surface area contributed by atoms with E-state index in [0.29, 0.717) is 30.4 Å². The normalized spacial score (nSPS) is 17.6. The van der Waals surface area contributed by atoms with Crippen molar-refractivity contribution in [1.82, 2.24) is 20.0 Å². The fraction of sp³-hybridized carbons (Fsp3) is 0.444. The number of hydrogen-bond acceptors (Lipinski definition) is 4. The van der Waals surface area contributed by atoms with E-state index < -0.39 is 5.82 Å². The molecule has 3 heterocycles. The van der Waals surface area contributed by atoms with Crippen molar-refractivity contribution in [3.8, 4) is 0 Å². The highest BCUT2D eigenvalue weighted by atomic mass is 19.1. The molecule has 4 rings (SSSR count). The van der Waals surface area contributed by atoms with Gasteiger partial charge in [0.15, 0.2) is 0 Å². The topological polar surface area (TPSA) is 62.2 Å². The number of benzene rings is 1. The third-order valence-corrected chi connectivity index (χ3v) is 5.18. The summed E-state index contributed by atoms with van der Waals surface area (Å²) >= 11 is 0. The SMILES string of the molecule is CNc1ccc(C(=O)N2CCC(n3ncc4c3CNC4)CC2)cc1F. The summed E-state index contributed by atoms with van der Waals surface area (Å²) in [4.78, 5) is 14.5. The molecule has 0 radical (unpaired) electrons. The second-order valence-corrected chi connectivity index (χ2v) is 6.63. The predicted octanol–water partition coefficient (Wildman–Crippen LogP) is 2.14. The number of carbonyl (C=O) groups excluding carboxylic acids is 1. The molecule has 7 heteroatoms. The van der Waals surface area contributed by atoms with Crippen molar-refractivity contribution in [2.24, 2.45) is 0 Å². The van der Waals surface area contributed by atoms with Crippen LogP contribution in [-0.4, -0.2) is 40.7 Å². The predicted molar refractivity (Wildman–Crippen MR) is 92.9 cm³/mol. The minimum absolute atomic E-state index is 0.104. The molecule has 1 fully saturated rings. The summed E-state index contributed by atoms with van der Waals surface area (Å²) in [7, 11) is 1.66. The molecule has 2 aromatic rings. The van der Waals surface area contributed by atoms with Crippen LogP contribution in [0.1, 0.15) is 40.5 Å². The fourth-order valence-electron chi connectivity index (χ4n) is 3.74. The van der Waals surface area contributed by atoms with Crippen LogP contribution < -0.4 is 10.6 Å². The van der Waals surface area contributed by atoms with E-state index in [4.69, 9.17) is 0 Å². The van der Waals surface area contributed by atoms with Crippen LogP contribution in [0.4, 0.5) is 10.1 Å². The molecule has 0 bridgehead atoms. The van der Waals surface area contributed by atoms with Gasteiger partial charge >= 0.3 is 0 Å². The van der Waals surface area contributed by atoms with Crippen LogP contribution in [-0.2, 0) is 13.1 Å². The highest BCUT2D eigenvalue weighted by Crippen LogP contribution is 2.27. The van der Waals surface area contributed by atoms with Crippen LogP contribution in [0, 0.1) is 5.82 Å². The minimum Gasteiger partial charge on any atom is -0.386 e. The van der Waals surface area contributed by atoms with E-state index in [1.54, 1.807) is 19.2 Å². The number of anilines is 1. The molecule has 2 aliphatic rings. The van der Waals surface area contributed by atoms with Crippen LogP contribution in [0.2, 0.25) is 0 Å². The fourth-order valence-corrected chi connectivity index (χ4v) is 3.74. The quantitative estimate of drug-likeness (QED) is 0.896. The van der Waals surface area contributed by atoms with Crippen molar-refractivity contribution in [3.05, 3.63) is 47.0 Å². The van der Waals surface area contributed by atoms with Gasteiger partial charge in [-0.05, 0) is 31.0 Å². The van der Waals surface area contributed by atoms with E-state index >= 15 is 0 Å². The third kappa shape index (κ3) is 2.89. The minimum atomic E-state index is -0.400. The second kappa shape index (κ2) is 6.48. The van der Waals surface area contributed by atoms with E-state index in [1.165, 1.54) is 17.3 Å². The number of piperidine rings is 1. The van der Waals surface area contributed by atoms with Gasteiger partial charge in [0.05, 0.1) is 23.6 Å². The number of rotatable bonds is 3. The van der Waals surface area contributed by atoms with Crippen molar-refractivity contribution >= 4 is 11.6 Å². The first-order chi connectivity index (χ1) is 12.2. The summed E-state index contributed by atoms with van der Waals surface area (Å²) < 4.78 is 16.0. The van der Waals surface area contributed by atoms with Gasteiger partial charge in [0.1, 0.15) is 5.82 Å². The molecule has 1 saturated heterocycles. The Kier molecular flexibility index (Phi) is 4.17. The monoisotopic (exact) mass is 343 g/mol. The molecule has 0 saturated carbocycles. The first kappa shape index (κ1) is 16.1. The van der Waals surface area contributed by atoms with Crippen molar-refractivity contribution in [2.75, 3.05) is 25.5 Å². The maximum absolute atomic E-state index is 13.9. The summed E-state index contributed by atoms with van der Waals surface area (Å²) in [5.41, 5.74) is 3.35. The molecule has 6 nitrogen and oxygen atoms in total. The number of nitrogens with one attached hydrogen (secondary N) is 2. The first-order valence-corrected chi connectivity index (χ1v) is 8.70. The average molecular weight is 343 g/mol. The number of likely N-dealkylation sites (tertiary alicyclic amines) is 1. The summed E-state index contributed by atoms with van der Waals surface area (Å²) in [6.45, 7) is 3.09. The van der Waals surface area contributed by atoms with Crippen LogP contribution in [0.3, 0.4) is 0 Å². The summed E-state index contributed by atoms with van der Waals surface area (Å²) in [6, 6.07) is 4.92. The highest BCUT2D eigenvalue weighted by Gasteiger charge is 2.28. The Balaban J connectivity index is 1.43. The maximum Gasteiger partial charge on any atom is 0.253 e. The van der Waals surface area contributed by atoms with Gasteiger partial charge in [0.25, 0.3) is 5.91 Å². The smallest absolute Gasteiger partial charge is 0.253 e. The van der Waals surface area contributed by atoms with E-state index in [1.807, 2.05) is 11.1 Å². The zero-order valence-corrected chi connectivity index (χ0v) is 14.3. The molecule has 0 unspecified atom stereocenters. The number of halogens is 1. The van der Waals surface area contributed by atoms with E-state index in [-0.39, 0.29) is 5.91 Å². The average Bonchev–Trinajstić information content (AvgIpc) is 3.25. The Morgan fingerprint density at radius 3 is 2.84 bits per heavy atom. The third-order valence-electron chi connectivity index (χ3n) is 5.18. The maximum atomic E-state index is 13.9. The number of aromatic nitrogens is 2. The van der Waals surface area contributed by atoms with Gasteiger partial charge in [0, 0.05) is 44.4 Å². The molecule has 25 heavy (non-hydrogen) atoms. The molecule has 0 aliphatic carbocycles. The largest absolute Gasteiger partial charge is 0.386 e. The Morgan fingerprint density at radius 2 is 2.12 bits per heavy atom. The Hall–Kier alpha value is -2.41. The number of carbonyl (C=O) groups is 1. The van der Waals surface area contributed by atoms with Gasteiger partial charge in [-0.2, -0.15) is 5.10 Å². The number of amides is 1. The Morgan fingerprint density at radius 1 is 1.32 bits per heavy atom. The van der Waals surface area contributed by atoms with Gasteiger partial charge < -0.3 is 15.5 Å². The van der Waals surface area contributed by atoms with Crippen molar-refractivity contribution in [2.45, 2.75) is 32.0 Å². The van der Waals surface area contributed by atoms with Gasteiger partial charge in [-0.3, -0.25) is 9.48 Å². The highest BCUT2D eigenvalue weighted by molar-refractivity contribution is 5.94. The van der Waals surface area contributed by atoms with E-state index in [2.05, 4.69) is 20.4 Å². The second-order valence-electron chi connectivity index (χ2n) is 6.63. The lowest BCUT2D eigenvalue weighted by atomic mass is 10.0.